The van der Waals surface area contributed by atoms with E-state index in [0.717, 1.165) is 0 Å². The van der Waals surface area contributed by atoms with Crippen LogP contribution in [0.25, 0.3) is 0 Å². The largest absolute Gasteiger partial charge is 0.493 e. The van der Waals surface area contributed by atoms with Gasteiger partial charge < -0.3 is 19.9 Å². The average Bonchev–Trinajstić information content (AvgIpc) is 2.35. The lowest BCUT2D eigenvalue weighted by Gasteiger charge is -2.14. The fourth-order valence-electron chi connectivity index (χ4n) is 1.43. The summed E-state index contributed by atoms with van der Waals surface area (Å²) in [5.41, 5.74) is 0.469. The number of aliphatic hydroxyl groups is 1. The van der Waals surface area contributed by atoms with Gasteiger partial charge in [0.05, 0.1) is 19.8 Å². The zero-order chi connectivity index (χ0) is 13.5. The standard InChI is InChI=1S/C13H19NO4/c1-9(2)18-11-5-4-10(8-12(11)17-3)13(16)14-6-7-15/h4-5,8-9,15H,6-7H2,1-3H3,(H,14,16). The van der Waals surface area contributed by atoms with Crippen molar-refractivity contribution in [3.8, 4) is 11.5 Å². The van der Waals surface area contributed by atoms with Gasteiger partial charge in [0, 0.05) is 12.1 Å². The zero-order valence-electron chi connectivity index (χ0n) is 10.9. The third-order valence-electron chi connectivity index (χ3n) is 2.19. The van der Waals surface area contributed by atoms with Crippen LogP contribution in [0.5, 0.6) is 11.5 Å². The Balaban J connectivity index is 2.87. The molecule has 0 saturated heterocycles. The molecule has 1 rings (SSSR count). The summed E-state index contributed by atoms with van der Waals surface area (Å²) in [4.78, 5) is 11.7. The number of methoxy groups -OCH3 is 1. The first-order valence-electron chi connectivity index (χ1n) is 5.82. The molecule has 5 nitrogen and oxygen atoms in total. The molecule has 5 heteroatoms. The second-order valence-corrected chi connectivity index (χ2v) is 4.01. The molecule has 1 amide bonds. The average molecular weight is 253 g/mol. The highest BCUT2D eigenvalue weighted by Crippen LogP contribution is 2.28. The maximum absolute atomic E-state index is 11.7. The van der Waals surface area contributed by atoms with Crippen LogP contribution in [0.3, 0.4) is 0 Å². The Labute approximate surface area is 107 Å². The van der Waals surface area contributed by atoms with Crippen LogP contribution in [0, 0.1) is 0 Å². The summed E-state index contributed by atoms with van der Waals surface area (Å²) in [6.45, 7) is 3.98. The number of aliphatic hydroxyl groups excluding tert-OH is 1. The van der Waals surface area contributed by atoms with Gasteiger partial charge in [0.15, 0.2) is 11.5 Å². The van der Waals surface area contributed by atoms with Crippen molar-refractivity contribution < 1.29 is 19.4 Å². The van der Waals surface area contributed by atoms with E-state index in [1.807, 2.05) is 13.8 Å². The highest BCUT2D eigenvalue weighted by Gasteiger charge is 2.11. The fraction of sp³-hybridized carbons (Fsp3) is 0.462. The molecule has 1 aromatic rings. The number of hydrogen-bond donors (Lipinski definition) is 2. The van der Waals surface area contributed by atoms with Gasteiger partial charge in [-0.05, 0) is 32.0 Å². The predicted molar refractivity (Wildman–Crippen MR) is 68.2 cm³/mol. The monoisotopic (exact) mass is 253 g/mol. The molecule has 2 N–H and O–H groups in total. The van der Waals surface area contributed by atoms with E-state index in [2.05, 4.69) is 5.32 Å². The number of ether oxygens (including phenoxy) is 2. The normalized spacial score (nSPS) is 10.3. The topological polar surface area (TPSA) is 67.8 Å². The van der Waals surface area contributed by atoms with Crippen molar-refractivity contribution in [2.24, 2.45) is 0 Å². The van der Waals surface area contributed by atoms with Gasteiger partial charge in [0.25, 0.3) is 5.91 Å². The SMILES string of the molecule is COc1cc(C(=O)NCCO)ccc1OC(C)C. The number of benzene rings is 1. The molecule has 0 aromatic heterocycles. The van der Waals surface area contributed by atoms with Crippen LogP contribution < -0.4 is 14.8 Å². The van der Waals surface area contributed by atoms with Gasteiger partial charge in [-0.15, -0.1) is 0 Å². The summed E-state index contributed by atoms with van der Waals surface area (Å²) in [5.74, 6) is 0.866. The van der Waals surface area contributed by atoms with Gasteiger partial charge in [-0.1, -0.05) is 0 Å². The zero-order valence-corrected chi connectivity index (χ0v) is 10.9. The molecule has 0 heterocycles. The Hall–Kier alpha value is -1.75. The molecule has 1 aromatic carbocycles. The lowest BCUT2D eigenvalue weighted by molar-refractivity contribution is 0.0944. The Morgan fingerprint density at radius 3 is 2.67 bits per heavy atom. The number of hydrogen-bond acceptors (Lipinski definition) is 4. The Bertz CT molecular complexity index is 404. The van der Waals surface area contributed by atoms with Crippen LogP contribution in [0.2, 0.25) is 0 Å². The minimum absolute atomic E-state index is 0.0352. The van der Waals surface area contributed by atoms with Gasteiger partial charge in [-0.25, -0.2) is 0 Å². The van der Waals surface area contributed by atoms with Crippen LogP contribution in [-0.4, -0.2) is 37.4 Å². The molecule has 0 fully saturated rings. The molecule has 100 valence electrons. The van der Waals surface area contributed by atoms with E-state index in [9.17, 15) is 4.79 Å². The quantitative estimate of drug-likeness (QED) is 0.799. The predicted octanol–water partition coefficient (Wildman–Crippen LogP) is 1.20. The molecule has 0 atom stereocenters. The first-order chi connectivity index (χ1) is 8.58. The molecular weight excluding hydrogens is 234 g/mol. The van der Waals surface area contributed by atoms with Gasteiger partial charge in [-0.2, -0.15) is 0 Å². The van der Waals surface area contributed by atoms with Crippen LogP contribution >= 0.6 is 0 Å². The smallest absolute Gasteiger partial charge is 0.251 e. The lowest BCUT2D eigenvalue weighted by atomic mass is 10.2. The minimum atomic E-state index is -0.251. The maximum Gasteiger partial charge on any atom is 0.251 e. The number of carbonyl (C=O) groups is 1. The molecule has 0 radical (unpaired) electrons. The van der Waals surface area contributed by atoms with Crippen molar-refractivity contribution >= 4 is 5.91 Å². The van der Waals surface area contributed by atoms with Crippen LogP contribution in [-0.2, 0) is 0 Å². The molecule has 0 aliphatic rings. The van der Waals surface area contributed by atoms with Gasteiger partial charge in [0.1, 0.15) is 0 Å². The molecule has 0 spiro atoms. The van der Waals surface area contributed by atoms with Crippen molar-refractivity contribution in [2.75, 3.05) is 20.3 Å². The highest BCUT2D eigenvalue weighted by molar-refractivity contribution is 5.94. The number of amides is 1. The van der Waals surface area contributed by atoms with Gasteiger partial charge in [-0.3, -0.25) is 4.79 Å². The second kappa shape index (κ2) is 6.86. The third-order valence-corrected chi connectivity index (χ3v) is 2.19. The summed E-state index contributed by atoms with van der Waals surface area (Å²) in [7, 11) is 1.53. The molecule has 18 heavy (non-hydrogen) atoms. The van der Waals surface area contributed by atoms with Crippen molar-refractivity contribution in [1.82, 2.24) is 5.32 Å². The Morgan fingerprint density at radius 1 is 1.39 bits per heavy atom. The first kappa shape index (κ1) is 14.3. The van der Waals surface area contributed by atoms with Crippen LogP contribution in [0.15, 0.2) is 18.2 Å². The molecule has 0 aliphatic heterocycles. The van der Waals surface area contributed by atoms with E-state index in [1.54, 1.807) is 18.2 Å². The van der Waals surface area contributed by atoms with Crippen molar-refractivity contribution in [3.63, 3.8) is 0 Å². The van der Waals surface area contributed by atoms with Crippen LogP contribution in [0.4, 0.5) is 0 Å². The molecular formula is C13H19NO4. The van der Waals surface area contributed by atoms with E-state index >= 15 is 0 Å². The number of rotatable bonds is 6. The van der Waals surface area contributed by atoms with E-state index in [0.29, 0.717) is 17.1 Å². The molecule has 0 saturated carbocycles. The van der Waals surface area contributed by atoms with Crippen molar-refractivity contribution in [1.29, 1.82) is 0 Å². The van der Waals surface area contributed by atoms with E-state index in [-0.39, 0.29) is 25.2 Å². The molecule has 0 bridgehead atoms. The first-order valence-corrected chi connectivity index (χ1v) is 5.82. The number of carbonyl (C=O) groups excluding carboxylic acids is 1. The summed E-state index contributed by atoms with van der Waals surface area (Å²) < 4.78 is 10.7. The van der Waals surface area contributed by atoms with Crippen molar-refractivity contribution in [2.45, 2.75) is 20.0 Å². The molecule has 0 aliphatic carbocycles. The maximum atomic E-state index is 11.7. The summed E-state index contributed by atoms with van der Waals surface area (Å²) in [5, 5.41) is 11.2. The lowest BCUT2D eigenvalue weighted by Crippen LogP contribution is -2.26. The minimum Gasteiger partial charge on any atom is -0.493 e. The third kappa shape index (κ3) is 3.92. The summed E-state index contributed by atoms with van der Waals surface area (Å²) in [6.07, 6.45) is 0.0352. The summed E-state index contributed by atoms with van der Waals surface area (Å²) in [6, 6.07) is 4.98. The fourth-order valence-corrected chi connectivity index (χ4v) is 1.43. The van der Waals surface area contributed by atoms with Crippen molar-refractivity contribution in [3.05, 3.63) is 23.8 Å². The number of nitrogens with one attached hydrogen (secondary N) is 1. The van der Waals surface area contributed by atoms with Crippen LogP contribution in [0.1, 0.15) is 24.2 Å². The highest BCUT2D eigenvalue weighted by atomic mass is 16.5. The van der Waals surface area contributed by atoms with E-state index < -0.39 is 0 Å². The van der Waals surface area contributed by atoms with E-state index in [1.165, 1.54) is 7.11 Å². The van der Waals surface area contributed by atoms with E-state index in [4.69, 9.17) is 14.6 Å². The summed E-state index contributed by atoms with van der Waals surface area (Å²) >= 11 is 0. The molecule has 0 unspecified atom stereocenters. The Kier molecular flexibility index (Phi) is 5.45. The van der Waals surface area contributed by atoms with Gasteiger partial charge >= 0.3 is 0 Å². The van der Waals surface area contributed by atoms with Gasteiger partial charge in [0.2, 0.25) is 0 Å². The Morgan fingerprint density at radius 2 is 2.11 bits per heavy atom. The second-order valence-electron chi connectivity index (χ2n) is 4.01.